The van der Waals surface area contributed by atoms with Crippen molar-refractivity contribution in [3.05, 3.63) is 39.4 Å². The third-order valence-corrected chi connectivity index (χ3v) is 2.52. The van der Waals surface area contributed by atoms with Gasteiger partial charge in [0, 0.05) is 24.2 Å². The van der Waals surface area contributed by atoms with Crippen LogP contribution in [0, 0.1) is 17.0 Å². The number of hydrogen-bond acceptors (Lipinski definition) is 3. The molecule has 0 aliphatic carbocycles. The molecule has 1 atom stereocenters. The van der Waals surface area contributed by atoms with Gasteiger partial charge in [-0.15, -0.1) is 0 Å². The van der Waals surface area contributed by atoms with E-state index < -0.39 is 0 Å². The predicted molar refractivity (Wildman–Crippen MR) is 64.5 cm³/mol. The van der Waals surface area contributed by atoms with Crippen LogP contribution < -0.4 is 5.32 Å². The fourth-order valence-electron chi connectivity index (χ4n) is 1.80. The lowest BCUT2D eigenvalue weighted by Gasteiger charge is -2.18. The van der Waals surface area contributed by atoms with E-state index in [1.165, 1.54) is 0 Å². The highest BCUT2D eigenvalue weighted by molar-refractivity contribution is 5.40. The van der Waals surface area contributed by atoms with Crippen molar-refractivity contribution in [2.75, 3.05) is 0 Å². The first-order chi connectivity index (χ1) is 7.41. The van der Waals surface area contributed by atoms with Gasteiger partial charge >= 0.3 is 0 Å². The van der Waals surface area contributed by atoms with E-state index in [2.05, 4.69) is 19.2 Å². The van der Waals surface area contributed by atoms with Crippen molar-refractivity contribution in [2.24, 2.45) is 0 Å². The summed E-state index contributed by atoms with van der Waals surface area (Å²) in [7, 11) is 0. The van der Waals surface area contributed by atoms with Crippen LogP contribution in [0.25, 0.3) is 0 Å². The summed E-state index contributed by atoms with van der Waals surface area (Å²) in [6, 6.07) is 5.47. The molecule has 0 aromatic heterocycles. The van der Waals surface area contributed by atoms with Crippen LogP contribution in [-0.4, -0.2) is 11.0 Å². The number of nitro groups is 1. The summed E-state index contributed by atoms with van der Waals surface area (Å²) in [6.07, 6.45) is 0. The van der Waals surface area contributed by atoms with Gasteiger partial charge in [0.15, 0.2) is 0 Å². The number of nitro benzene ring substituents is 1. The molecule has 1 N–H and O–H groups in total. The van der Waals surface area contributed by atoms with Gasteiger partial charge in [0.25, 0.3) is 5.69 Å². The Labute approximate surface area is 95.8 Å². The highest BCUT2D eigenvalue weighted by Crippen LogP contribution is 2.23. The first-order valence-corrected chi connectivity index (χ1v) is 5.42. The minimum atomic E-state index is -0.356. The average molecular weight is 222 g/mol. The summed E-state index contributed by atoms with van der Waals surface area (Å²) in [6.45, 7) is 8.11. The maximum atomic E-state index is 10.7. The molecule has 0 saturated carbocycles. The quantitative estimate of drug-likeness (QED) is 0.629. The number of benzene rings is 1. The first kappa shape index (κ1) is 12.6. The Bertz CT molecular complexity index is 389. The number of aryl methyl sites for hydroxylation is 1. The standard InChI is InChI=1S/C12H18N2O2/c1-8(2)13-10(4)12-7-11(14(15)16)6-5-9(12)3/h5-8,10,13H,1-4H3. The zero-order valence-corrected chi connectivity index (χ0v) is 10.2. The lowest BCUT2D eigenvalue weighted by atomic mass is 10.0. The van der Waals surface area contributed by atoms with Crippen molar-refractivity contribution < 1.29 is 4.92 Å². The molecule has 0 fully saturated rings. The van der Waals surface area contributed by atoms with Crippen LogP contribution >= 0.6 is 0 Å². The van der Waals surface area contributed by atoms with E-state index in [0.717, 1.165) is 11.1 Å². The second kappa shape index (κ2) is 5.07. The van der Waals surface area contributed by atoms with Gasteiger partial charge in [-0.05, 0) is 25.0 Å². The van der Waals surface area contributed by atoms with Gasteiger partial charge in [-0.1, -0.05) is 19.9 Å². The second-order valence-electron chi connectivity index (χ2n) is 4.34. The SMILES string of the molecule is Cc1ccc([N+](=O)[O-])cc1C(C)NC(C)C. The third kappa shape index (κ3) is 3.03. The second-order valence-corrected chi connectivity index (χ2v) is 4.34. The normalized spacial score (nSPS) is 12.8. The molecular weight excluding hydrogens is 204 g/mol. The maximum absolute atomic E-state index is 10.7. The minimum Gasteiger partial charge on any atom is -0.308 e. The van der Waals surface area contributed by atoms with E-state index in [0.29, 0.717) is 6.04 Å². The Morgan fingerprint density at radius 2 is 1.94 bits per heavy atom. The largest absolute Gasteiger partial charge is 0.308 e. The van der Waals surface area contributed by atoms with Crippen molar-refractivity contribution in [1.82, 2.24) is 5.32 Å². The Morgan fingerprint density at radius 1 is 1.31 bits per heavy atom. The van der Waals surface area contributed by atoms with Gasteiger partial charge in [-0.3, -0.25) is 10.1 Å². The number of hydrogen-bond donors (Lipinski definition) is 1. The molecule has 0 aliphatic rings. The molecule has 1 unspecified atom stereocenters. The van der Waals surface area contributed by atoms with Crippen LogP contribution in [0.1, 0.15) is 37.9 Å². The molecule has 1 aromatic rings. The van der Waals surface area contributed by atoms with E-state index in [-0.39, 0.29) is 16.7 Å². The molecule has 0 radical (unpaired) electrons. The average Bonchev–Trinajstić information content (AvgIpc) is 2.16. The number of nitrogens with zero attached hydrogens (tertiary/aromatic N) is 1. The molecule has 16 heavy (non-hydrogen) atoms. The Morgan fingerprint density at radius 3 is 2.44 bits per heavy atom. The third-order valence-electron chi connectivity index (χ3n) is 2.52. The van der Waals surface area contributed by atoms with Gasteiger partial charge in [0.2, 0.25) is 0 Å². The molecule has 0 spiro atoms. The van der Waals surface area contributed by atoms with Gasteiger partial charge in [0.05, 0.1) is 4.92 Å². The molecule has 0 bridgehead atoms. The van der Waals surface area contributed by atoms with Crippen molar-refractivity contribution in [3.63, 3.8) is 0 Å². The first-order valence-electron chi connectivity index (χ1n) is 5.42. The zero-order chi connectivity index (χ0) is 12.3. The van der Waals surface area contributed by atoms with Crippen LogP contribution in [0.3, 0.4) is 0 Å². The summed E-state index contributed by atoms with van der Waals surface area (Å²) in [5.74, 6) is 0. The monoisotopic (exact) mass is 222 g/mol. The molecule has 4 heteroatoms. The molecule has 0 aliphatic heterocycles. The number of nitrogens with one attached hydrogen (secondary N) is 1. The summed E-state index contributed by atoms with van der Waals surface area (Å²) >= 11 is 0. The zero-order valence-electron chi connectivity index (χ0n) is 10.2. The molecule has 0 amide bonds. The van der Waals surface area contributed by atoms with E-state index >= 15 is 0 Å². The van der Waals surface area contributed by atoms with Gasteiger partial charge in [-0.25, -0.2) is 0 Å². The fraction of sp³-hybridized carbons (Fsp3) is 0.500. The topological polar surface area (TPSA) is 55.2 Å². The van der Waals surface area contributed by atoms with Gasteiger partial charge in [-0.2, -0.15) is 0 Å². The lowest BCUT2D eigenvalue weighted by molar-refractivity contribution is -0.384. The molecule has 1 aromatic carbocycles. The van der Waals surface area contributed by atoms with E-state index in [9.17, 15) is 10.1 Å². The van der Waals surface area contributed by atoms with E-state index in [1.54, 1.807) is 18.2 Å². The highest BCUT2D eigenvalue weighted by Gasteiger charge is 2.14. The number of rotatable bonds is 4. The molecule has 88 valence electrons. The minimum absolute atomic E-state index is 0.125. The van der Waals surface area contributed by atoms with Crippen LogP contribution in [0.4, 0.5) is 5.69 Å². The van der Waals surface area contributed by atoms with E-state index in [4.69, 9.17) is 0 Å². The molecule has 4 nitrogen and oxygen atoms in total. The van der Waals surface area contributed by atoms with Crippen molar-refractivity contribution in [3.8, 4) is 0 Å². The molecule has 0 heterocycles. The van der Waals surface area contributed by atoms with Crippen LogP contribution in [-0.2, 0) is 0 Å². The molecule has 1 rings (SSSR count). The van der Waals surface area contributed by atoms with Crippen LogP contribution in [0.2, 0.25) is 0 Å². The number of non-ortho nitro benzene ring substituents is 1. The summed E-state index contributed by atoms with van der Waals surface area (Å²) in [5, 5.41) is 14.0. The van der Waals surface area contributed by atoms with Crippen LogP contribution in [0.15, 0.2) is 18.2 Å². The fourth-order valence-corrected chi connectivity index (χ4v) is 1.80. The van der Waals surface area contributed by atoms with Gasteiger partial charge < -0.3 is 5.32 Å². The predicted octanol–water partition coefficient (Wildman–Crippen LogP) is 2.96. The van der Waals surface area contributed by atoms with Crippen molar-refractivity contribution in [1.29, 1.82) is 0 Å². The summed E-state index contributed by atoms with van der Waals surface area (Å²) < 4.78 is 0. The van der Waals surface area contributed by atoms with Crippen LogP contribution in [0.5, 0.6) is 0 Å². The lowest BCUT2D eigenvalue weighted by Crippen LogP contribution is -2.26. The maximum Gasteiger partial charge on any atom is 0.269 e. The Balaban J connectivity index is 3.02. The molecule has 0 saturated heterocycles. The molecular formula is C12H18N2O2. The van der Waals surface area contributed by atoms with E-state index in [1.807, 2.05) is 13.8 Å². The summed E-state index contributed by atoms with van der Waals surface area (Å²) in [5.41, 5.74) is 2.21. The summed E-state index contributed by atoms with van der Waals surface area (Å²) in [4.78, 5) is 10.3. The highest BCUT2D eigenvalue weighted by atomic mass is 16.6. The smallest absolute Gasteiger partial charge is 0.269 e. The Kier molecular flexibility index (Phi) is 4.01. The van der Waals surface area contributed by atoms with Gasteiger partial charge in [0.1, 0.15) is 0 Å². The van der Waals surface area contributed by atoms with Crippen molar-refractivity contribution >= 4 is 5.69 Å². The Hall–Kier alpha value is -1.42. The van der Waals surface area contributed by atoms with Crippen molar-refractivity contribution in [2.45, 2.75) is 39.8 Å².